The van der Waals surface area contributed by atoms with E-state index in [4.69, 9.17) is 4.43 Å². The van der Waals surface area contributed by atoms with E-state index in [9.17, 15) is 9.90 Å². The quantitative estimate of drug-likeness (QED) is 0.489. The second-order valence-corrected chi connectivity index (χ2v) is 18.9. The van der Waals surface area contributed by atoms with Crippen LogP contribution in [-0.4, -0.2) is 59.5 Å². The molecule has 1 fully saturated rings. The van der Waals surface area contributed by atoms with Crippen molar-refractivity contribution in [2.24, 2.45) is 5.41 Å². The second-order valence-electron chi connectivity index (χ2n) is 13.3. The van der Waals surface area contributed by atoms with Crippen molar-refractivity contribution in [1.82, 2.24) is 9.88 Å². The zero-order valence-electron chi connectivity index (χ0n) is 24.6. The fourth-order valence-corrected chi connectivity index (χ4v) is 9.85. The Kier molecular flexibility index (Phi) is 8.38. The van der Waals surface area contributed by atoms with Crippen molar-refractivity contribution in [3.05, 3.63) is 71.8 Å². The van der Waals surface area contributed by atoms with Crippen molar-refractivity contribution in [2.75, 3.05) is 13.2 Å². The summed E-state index contributed by atoms with van der Waals surface area (Å²) in [7, 11) is -1.48. The lowest BCUT2D eigenvalue weighted by molar-refractivity contribution is -0.140. The number of hydrogen-bond donors (Lipinski definition) is 2. The Hall–Kier alpha value is -1.78. The number of nitrogens with zero attached hydrogens (tertiary/aromatic N) is 1. The molecule has 2 aromatic rings. The third-order valence-electron chi connectivity index (χ3n) is 9.49. The van der Waals surface area contributed by atoms with Gasteiger partial charge in [-0.3, -0.25) is 4.79 Å². The molecule has 3 rings (SSSR count). The molecule has 1 heterocycles. The molecule has 7 heteroatoms. The number of nitrogens with one attached hydrogen (secondary N) is 1. The first-order chi connectivity index (χ1) is 17.1. The fourth-order valence-electron chi connectivity index (χ4n) is 6.71. The molecule has 2 aromatic carbocycles. The molecular formula is C30H48N2O3Si2. The van der Waals surface area contributed by atoms with Gasteiger partial charge in [0.25, 0.3) is 0 Å². The molecule has 37 heavy (non-hydrogen) atoms. The predicted molar refractivity (Wildman–Crippen MR) is 159 cm³/mol. The first-order valence-corrected chi connectivity index (χ1v) is 17.2. The Morgan fingerprint density at radius 3 is 1.86 bits per heavy atom. The van der Waals surface area contributed by atoms with Crippen LogP contribution in [0.4, 0.5) is 0 Å². The Morgan fingerprint density at radius 2 is 1.46 bits per heavy atom. The summed E-state index contributed by atoms with van der Waals surface area (Å²) >= 11 is 0. The minimum atomic E-state index is -2.03. The van der Waals surface area contributed by atoms with Crippen LogP contribution in [-0.2, 0) is 20.2 Å². The van der Waals surface area contributed by atoms with E-state index in [1.807, 2.05) is 6.07 Å². The highest BCUT2D eigenvalue weighted by Gasteiger charge is 2.69. The maximum absolute atomic E-state index is 12.6. The van der Waals surface area contributed by atoms with E-state index in [1.165, 1.54) is 5.56 Å². The first kappa shape index (κ1) is 29.8. The summed E-state index contributed by atoms with van der Waals surface area (Å²) in [6.45, 7) is 21.4. The first-order valence-electron chi connectivity index (χ1n) is 13.4. The van der Waals surface area contributed by atoms with E-state index in [-0.39, 0.29) is 28.4 Å². The summed E-state index contributed by atoms with van der Waals surface area (Å²) < 4.78 is 9.54. The van der Waals surface area contributed by atoms with Crippen LogP contribution in [0.1, 0.15) is 59.6 Å². The van der Waals surface area contributed by atoms with Crippen LogP contribution >= 0.6 is 0 Å². The number of amides is 1. The molecule has 0 radical (unpaired) electrons. The van der Waals surface area contributed by atoms with E-state index in [0.717, 1.165) is 12.1 Å². The molecule has 2 N–H and O–H groups in total. The average molecular weight is 541 g/mol. The zero-order chi connectivity index (χ0) is 27.9. The van der Waals surface area contributed by atoms with Gasteiger partial charge in [0.05, 0.1) is 11.6 Å². The van der Waals surface area contributed by atoms with Crippen molar-refractivity contribution in [3.63, 3.8) is 0 Å². The second kappa shape index (κ2) is 10.4. The van der Waals surface area contributed by atoms with Crippen molar-refractivity contribution in [3.8, 4) is 0 Å². The maximum atomic E-state index is 12.6. The topological polar surface area (TPSA) is 61.8 Å². The van der Waals surface area contributed by atoms with Gasteiger partial charge in [0, 0.05) is 18.0 Å². The maximum Gasteiger partial charge on any atom is 0.246 e. The third kappa shape index (κ3) is 4.78. The van der Waals surface area contributed by atoms with E-state index < -0.39 is 25.9 Å². The van der Waals surface area contributed by atoms with Gasteiger partial charge in [0.1, 0.15) is 25.3 Å². The molecule has 4 atom stereocenters. The monoisotopic (exact) mass is 540 g/mol. The molecule has 5 nitrogen and oxygen atoms in total. The van der Waals surface area contributed by atoms with Gasteiger partial charge in [-0.15, -0.1) is 0 Å². The Labute approximate surface area is 228 Å². The van der Waals surface area contributed by atoms with Crippen LogP contribution < -0.4 is 5.32 Å². The molecule has 0 spiro atoms. The molecule has 1 aliphatic heterocycles. The molecule has 1 saturated heterocycles. The molecule has 204 valence electrons. The van der Waals surface area contributed by atoms with Gasteiger partial charge in [0.2, 0.25) is 5.91 Å². The van der Waals surface area contributed by atoms with Crippen LogP contribution in [0.15, 0.2) is 60.7 Å². The highest BCUT2D eigenvalue weighted by molar-refractivity contribution is 6.77. The van der Waals surface area contributed by atoms with E-state index >= 15 is 0 Å². The van der Waals surface area contributed by atoms with Crippen molar-refractivity contribution < 1.29 is 14.3 Å². The van der Waals surface area contributed by atoms with Crippen molar-refractivity contribution in [2.45, 2.75) is 89.7 Å². The van der Waals surface area contributed by atoms with Gasteiger partial charge >= 0.3 is 0 Å². The SMILES string of the molecule is CC(C)(C)C(c1ccccc1)([C@@H]1[C@@H](NC(=O)CO)CN1[Si](C)(C)C(C)(C)C)[C@@](C)(O[SiH3])c1ccccc1. The van der Waals surface area contributed by atoms with Gasteiger partial charge in [-0.25, -0.2) is 0 Å². The Bertz CT molecular complexity index is 1070. The zero-order valence-corrected chi connectivity index (χ0v) is 27.6. The summed E-state index contributed by atoms with van der Waals surface area (Å²) in [6, 6.07) is 21.2. The Balaban J connectivity index is 2.45. The van der Waals surface area contributed by atoms with E-state index in [2.05, 4.69) is 126 Å². The third-order valence-corrected chi connectivity index (χ3v) is 15.9. The largest absolute Gasteiger partial charge is 0.418 e. The van der Waals surface area contributed by atoms with Gasteiger partial charge in [-0.2, -0.15) is 0 Å². The number of benzene rings is 2. The lowest BCUT2D eigenvalue weighted by Gasteiger charge is -2.70. The average Bonchev–Trinajstić information content (AvgIpc) is 2.83. The summed E-state index contributed by atoms with van der Waals surface area (Å²) in [5.74, 6) is -0.325. The van der Waals surface area contributed by atoms with Gasteiger partial charge in [-0.1, -0.05) is 115 Å². The smallest absolute Gasteiger partial charge is 0.246 e. The lowest BCUT2D eigenvalue weighted by Crippen LogP contribution is -2.84. The molecular weight excluding hydrogens is 493 g/mol. The highest BCUT2D eigenvalue weighted by atomic mass is 28.3. The number of carbonyl (C=O) groups excluding carboxylic acids is 1. The van der Waals surface area contributed by atoms with Crippen LogP contribution in [0, 0.1) is 5.41 Å². The van der Waals surface area contributed by atoms with Crippen LogP contribution in [0.2, 0.25) is 18.1 Å². The van der Waals surface area contributed by atoms with Crippen LogP contribution in [0.25, 0.3) is 0 Å². The van der Waals surface area contributed by atoms with Crippen LogP contribution in [0.3, 0.4) is 0 Å². The molecule has 0 saturated carbocycles. The van der Waals surface area contributed by atoms with Gasteiger partial charge < -0.3 is 19.4 Å². The lowest BCUT2D eigenvalue weighted by atomic mass is 9.47. The molecule has 1 aliphatic rings. The molecule has 1 amide bonds. The number of aliphatic hydroxyl groups is 1. The standard InChI is InChI=1S/C30H48N2O3Si2/c1-27(2,3)30(23-18-14-11-15-19-23,29(7,35-36)22-16-12-10-13-17-22)26-24(31-25(34)21-33)20-32(26)37(8,9)28(4,5)6/h10-19,24,26,33H,20-21H2,1-9,36H3,(H,31,34)/t24-,26-,29-,30?/m0/s1. The minimum absolute atomic E-state index is 0.0366. The molecule has 1 unspecified atom stereocenters. The molecule has 0 aliphatic carbocycles. The number of hydrogen-bond acceptors (Lipinski definition) is 4. The summed E-state index contributed by atoms with van der Waals surface area (Å²) in [6.07, 6.45) is 0. The van der Waals surface area contributed by atoms with Gasteiger partial charge in [-0.05, 0) is 28.5 Å². The number of aliphatic hydroxyl groups excluding tert-OH is 1. The molecule has 0 bridgehead atoms. The summed E-state index contributed by atoms with van der Waals surface area (Å²) in [4.78, 5) is 12.6. The Morgan fingerprint density at radius 1 is 0.973 bits per heavy atom. The number of carbonyl (C=O) groups is 1. The number of rotatable bonds is 8. The van der Waals surface area contributed by atoms with Crippen molar-refractivity contribution >= 4 is 24.6 Å². The summed E-state index contributed by atoms with van der Waals surface area (Å²) in [5.41, 5.74) is 0.871. The van der Waals surface area contributed by atoms with Crippen molar-refractivity contribution in [1.29, 1.82) is 0 Å². The predicted octanol–water partition coefficient (Wildman–Crippen LogP) is 4.35. The van der Waals surface area contributed by atoms with Gasteiger partial charge in [0.15, 0.2) is 0 Å². The van der Waals surface area contributed by atoms with Crippen LogP contribution in [0.5, 0.6) is 0 Å². The summed E-state index contributed by atoms with van der Waals surface area (Å²) in [5, 5.41) is 13.0. The van der Waals surface area contributed by atoms with E-state index in [1.54, 1.807) is 0 Å². The highest BCUT2D eigenvalue weighted by Crippen LogP contribution is 2.62. The van der Waals surface area contributed by atoms with E-state index in [0.29, 0.717) is 10.5 Å². The minimum Gasteiger partial charge on any atom is -0.418 e. The molecule has 0 aromatic heterocycles. The fraction of sp³-hybridized carbons (Fsp3) is 0.567. The normalized spacial score (nSPS) is 22.5.